The van der Waals surface area contributed by atoms with Crippen molar-refractivity contribution >= 4 is 39.3 Å². The van der Waals surface area contributed by atoms with E-state index in [1.54, 1.807) is 12.1 Å². The zero-order valence-corrected chi connectivity index (χ0v) is 10.8. The third-order valence-corrected chi connectivity index (χ3v) is 2.87. The molecule has 1 aromatic rings. The molecule has 0 aliphatic rings. The highest BCUT2D eigenvalue weighted by Gasteiger charge is 2.16. The molecule has 0 unspecified atom stereocenters. The van der Waals surface area contributed by atoms with Gasteiger partial charge in [0.2, 0.25) is 5.91 Å². The van der Waals surface area contributed by atoms with E-state index in [4.69, 9.17) is 17.3 Å². The molecule has 1 atom stereocenters. The standard InChI is InChI=1S/C10H10BrClN2O2/c1-5(9(13)15)14-10(16)7-4-6(12)2-3-8(7)11/h2-5H,1H3,(H2,13,15)(H,14,16)/t5-/m0/s1. The molecule has 0 spiro atoms. The fourth-order valence-electron chi connectivity index (χ4n) is 1.02. The third kappa shape index (κ3) is 3.21. The van der Waals surface area contributed by atoms with Crippen LogP contribution in [-0.4, -0.2) is 17.9 Å². The van der Waals surface area contributed by atoms with Crippen LogP contribution in [0.2, 0.25) is 5.02 Å². The number of halogens is 2. The Morgan fingerprint density at radius 1 is 1.50 bits per heavy atom. The first-order chi connectivity index (χ1) is 7.41. The van der Waals surface area contributed by atoms with E-state index in [0.29, 0.717) is 15.1 Å². The molecule has 0 aliphatic heterocycles. The summed E-state index contributed by atoms with van der Waals surface area (Å²) in [4.78, 5) is 22.5. The topological polar surface area (TPSA) is 72.2 Å². The van der Waals surface area contributed by atoms with E-state index in [-0.39, 0.29) is 0 Å². The molecular weight excluding hydrogens is 295 g/mol. The minimum absolute atomic E-state index is 0.362. The second-order valence-corrected chi connectivity index (χ2v) is 4.51. The SMILES string of the molecule is C[C@H](NC(=O)c1cc(Cl)ccc1Br)C(N)=O. The van der Waals surface area contributed by atoms with Gasteiger partial charge >= 0.3 is 0 Å². The van der Waals surface area contributed by atoms with Crippen LogP contribution in [0.3, 0.4) is 0 Å². The molecule has 0 bridgehead atoms. The van der Waals surface area contributed by atoms with Crippen molar-refractivity contribution in [2.24, 2.45) is 5.73 Å². The number of hydrogen-bond acceptors (Lipinski definition) is 2. The minimum Gasteiger partial charge on any atom is -0.368 e. The van der Waals surface area contributed by atoms with Gasteiger partial charge in [0.1, 0.15) is 6.04 Å². The number of primary amides is 1. The van der Waals surface area contributed by atoms with E-state index in [2.05, 4.69) is 21.2 Å². The number of carbonyl (C=O) groups is 2. The molecule has 0 saturated carbocycles. The van der Waals surface area contributed by atoms with E-state index in [9.17, 15) is 9.59 Å². The Labute approximate surface area is 106 Å². The molecule has 16 heavy (non-hydrogen) atoms. The van der Waals surface area contributed by atoms with Crippen LogP contribution in [0, 0.1) is 0 Å². The number of carbonyl (C=O) groups excluding carboxylic acids is 2. The van der Waals surface area contributed by atoms with Gasteiger partial charge in [-0.2, -0.15) is 0 Å². The Morgan fingerprint density at radius 3 is 2.69 bits per heavy atom. The maximum atomic E-state index is 11.7. The molecule has 0 saturated heterocycles. The van der Waals surface area contributed by atoms with Gasteiger partial charge in [0, 0.05) is 9.50 Å². The number of nitrogens with one attached hydrogen (secondary N) is 1. The zero-order valence-electron chi connectivity index (χ0n) is 8.46. The highest BCUT2D eigenvalue weighted by atomic mass is 79.9. The predicted octanol–water partition coefficient (Wildman–Crippen LogP) is 1.71. The lowest BCUT2D eigenvalue weighted by atomic mass is 10.2. The molecule has 0 radical (unpaired) electrons. The second-order valence-electron chi connectivity index (χ2n) is 3.22. The van der Waals surface area contributed by atoms with E-state index in [0.717, 1.165) is 0 Å². The summed E-state index contributed by atoms with van der Waals surface area (Å²) in [5, 5.41) is 2.91. The van der Waals surface area contributed by atoms with Crippen LogP contribution in [0.15, 0.2) is 22.7 Å². The highest BCUT2D eigenvalue weighted by Crippen LogP contribution is 2.21. The predicted molar refractivity (Wildman–Crippen MR) is 65.3 cm³/mol. The maximum absolute atomic E-state index is 11.7. The number of hydrogen-bond donors (Lipinski definition) is 2. The van der Waals surface area contributed by atoms with Crippen LogP contribution >= 0.6 is 27.5 Å². The summed E-state index contributed by atoms with van der Waals surface area (Å²) in [6.45, 7) is 1.51. The molecule has 3 N–H and O–H groups in total. The maximum Gasteiger partial charge on any atom is 0.253 e. The van der Waals surface area contributed by atoms with Gasteiger partial charge < -0.3 is 11.1 Å². The van der Waals surface area contributed by atoms with Gasteiger partial charge in [-0.25, -0.2) is 0 Å². The van der Waals surface area contributed by atoms with Crippen LogP contribution in [0.5, 0.6) is 0 Å². The van der Waals surface area contributed by atoms with Crippen LogP contribution < -0.4 is 11.1 Å². The molecule has 0 aliphatic carbocycles. The van der Waals surface area contributed by atoms with Crippen LogP contribution in [0.4, 0.5) is 0 Å². The Kier molecular flexibility index (Phi) is 4.32. The van der Waals surface area contributed by atoms with Crippen molar-refractivity contribution in [2.75, 3.05) is 0 Å². The summed E-state index contributed by atoms with van der Waals surface area (Å²) in [6.07, 6.45) is 0. The summed E-state index contributed by atoms with van der Waals surface area (Å²) < 4.78 is 0.603. The lowest BCUT2D eigenvalue weighted by molar-refractivity contribution is -0.119. The summed E-state index contributed by atoms with van der Waals surface area (Å²) in [6, 6.07) is 4.10. The van der Waals surface area contributed by atoms with Gasteiger partial charge in [0.25, 0.3) is 5.91 Å². The van der Waals surface area contributed by atoms with Crippen molar-refractivity contribution in [3.8, 4) is 0 Å². The molecule has 0 heterocycles. The molecule has 1 rings (SSSR count). The first-order valence-corrected chi connectivity index (χ1v) is 5.64. The third-order valence-electron chi connectivity index (χ3n) is 1.95. The summed E-state index contributed by atoms with van der Waals surface area (Å²) in [5.41, 5.74) is 5.40. The average molecular weight is 306 g/mol. The van der Waals surface area contributed by atoms with Crippen molar-refractivity contribution in [1.29, 1.82) is 0 Å². The fraction of sp³-hybridized carbons (Fsp3) is 0.200. The molecule has 6 heteroatoms. The Balaban J connectivity index is 2.88. The zero-order chi connectivity index (χ0) is 12.3. The molecule has 0 fully saturated rings. The summed E-state index contributed by atoms with van der Waals surface area (Å²) >= 11 is 8.99. The van der Waals surface area contributed by atoms with Gasteiger partial charge in [-0.3, -0.25) is 9.59 Å². The van der Waals surface area contributed by atoms with Gasteiger partial charge in [-0.1, -0.05) is 11.6 Å². The van der Waals surface area contributed by atoms with Gasteiger partial charge in [0.05, 0.1) is 5.56 Å². The Hall–Kier alpha value is -1.07. The first kappa shape index (κ1) is 13.0. The number of benzene rings is 1. The van der Waals surface area contributed by atoms with Crippen molar-refractivity contribution in [1.82, 2.24) is 5.32 Å². The summed E-state index contributed by atoms with van der Waals surface area (Å²) in [5.74, 6) is -0.993. The fourth-order valence-corrected chi connectivity index (χ4v) is 1.62. The smallest absolute Gasteiger partial charge is 0.253 e. The van der Waals surface area contributed by atoms with Crippen molar-refractivity contribution in [3.63, 3.8) is 0 Å². The highest BCUT2D eigenvalue weighted by molar-refractivity contribution is 9.10. The molecule has 0 aromatic heterocycles. The van der Waals surface area contributed by atoms with Crippen LogP contribution in [-0.2, 0) is 4.79 Å². The van der Waals surface area contributed by atoms with Gasteiger partial charge in [-0.15, -0.1) is 0 Å². The Morgan fingerprint density at radius 2 is 2.12 bits per heavy atom. The van der Waals surface area contributed by atoms with Crippen molar-refractivity contribution in [3.05, 3.63) is 33.3 Å². The van der Waals surface area contributed by atoms with Gasteiger partial charge in [-0.05, 0) is 41.1 Å². The second kappa shape index (κ2) is 5.32. The van der Waals surface area contributed by atoms with E-state index in [1.165, 1.54) is 13.0 Å². The van der Waals surface area contributed by atoms with Crippen molar-refractivity contribution in [2.45, 2.75) is 13.0 Å². The molecule has 1 aromatic carbocycles. The van der Waals surface area contributed by atoms with Crippen LogP contribution in [0.25, 0.3) is 0 Å². The lowest BCUT2D eigenvalue weighted by Crippen LogP contribution is -2.42. The molecule has 86 valence electrons. The lowest BCUT2D eigenvalue weighted by Gasteiger charge is -2.11. The number of rotatable bonds is 3. The largest absolute Gasteiger partial charge is 0.368 e. The monoisotopic (exact) mass is 304 g/mol. The van der Waals surface area contributed by atoms with E-state index >= 15 is 0 Å². The number of nitrogens with two attached hydrogens (primary N) is 1. The number of amides is 2. The normalized spacial score (nSPS) is 11.9. The molecule has 4 nitrogen and oxygen atoms in total. The van der Waals surface area contributed by atoms with Crippen LogP contribution in [0.1, 0.15) is 17.3 Å². The summed E-state index contributed by atoms with van der Waals surface area (Å²) in [7, 11) is 0. The first-order valence-electron chi connectivity index (χ1n) is 4.47. The quantitative estimate of drug-likeness (QED) is 0.892. The van der Waals surface area contributed by atoms with E-state index in [1.807, 2.05) is 0 Å². The molecular formula is C10H10BrClN2O2. The minimum atomic E-state index is -0.724. The Bertz CT molecular complexity index is 437. The molecule has 2 amide bonds. The average Bonchev–Trinajstić information content (AvgIpc) is 2.21. The van der Waals surface area contributed by atoms with E-state index < -0.39 is 17.9 Å². The van der Waals surface area contributed by atoms with Gasteiger partial charge in [0.15, 0.2) is 0 Å². The van der Waals surface area contributed by atoms with Crippen molar-refractivity contribution < 1.29 is 9.59 Å².